The number of aliphatic carboxylic acids is 1. The fourth-order valence-corrected chi connectivity index (χ4v) is 4.28. The molecule has 1 atom stereocenters. The van der Waals surface area contributed by atoms with Crippen molar-refractivity contribution in [3.63, 3.8) is 0 Å². The molecule has 0 saturated heterocycles. The Balaban J connectivity index is 1.64. The molecule has 0 fully saturated rings. The van der Waals surface area contributed by atoms with E-state index >= 15 is 0 Å². The molecule has 0 aliphatic carbocycles. The van der Waals surface area contributed by atoms with Gasteiger partial charge in [-0.3, -0.25) is 4.90 Å². The van der Waals surface area contributed by atoms with Crippen LogP contribution >= 0.6 is 0 Å². The van der Waals surface area contributed by atoms with Gasteiger partial charge in [-0.05, 0) is 41.2 Å². The molecule has 4 rings (SSSR count). The lowest BCUT2D eigenvalue weighted by molar-refractivity contribution is -0.132. The molecule has 0 heterocycles. The van der Waals surface area contributed by atoms with Crippen LogP contribution in [0.3, 0.4) is 0 Å². The van der Waals surface area contributed by atoms with Crippen LogP contribution in [-0.2, 0) is 24.3 Å². The highest BCUT2D eigenvalue weighted by Crippen LogP contribution is 2.23. The zero-order valence-corrected chi connectivity index (χ0v) is 20.0. The highest BCUT2D eigenvalue weighted by Gasteiger charge is 2.20. The average Bonchev–Trinajstić information content (AvgIpc) is 2.90. The van der Waals surface area contributed by atoms with E-state index in [4.69, 9.17) is 0 Å². The molecule has 0 spiro atoms. The van der Waals surface area contributed by atoms with Crippen molar-refractivity contribution in [2.75, 3.05) is 0 Å². The fourth-order valence-electron chi connectivity index (χ4n) is 4.28. The molecular formula is C32H31NO2. The van der Waals surface area contributed by atoms with Crippen LogP contribution in [0.15, 0.2) is 127 Å². The van der Waals surface area contributed by atoms with Gasteiger partial charge in [0.15, 0.2) is 0 Å². The summed E-state index contributed by atoms with van der Waals surface area (Å²) in [7, 11) is 0. The second-order valence-electron chi connectivity index (χ2n) is 8.87. The third-order valence-electron chi connectivity index (χ3n) is 6.21. The third-order valence-corrected chi connectivity index (χ3v) is 6.21. The molecule has 35 heavy (non-hydrogen) atoms. The zero-order valence-electron chi connectivity index (χ0n) is 20.0. The second kappa shape index (κ2) is 12.0. The standard InChI is InChI=1S/C32H31NO2/c1-25(32(34)35)21-31(22-26-17-19-30(20-18-26)29-15-9-4-10-16-29)33(23-27-11-5-2-6-12-27)24-28-13-7-3-8-14-28/h2-21,31H,22-24H2,1H3,(H,34,35)/b25-21+. The molecule has 0 aliphatic heterocycles. The zero-order chi connectivity index (χ0) is 24.5. The largest absolute Gasteiger partial charge is 0.478 e. The normalized spacial score (nSPS) is 12.5. The third kappa shape index (κ3) is 7.02. The summed E-state index contributed by atoms with van der Waals surface area (Å²) in [4.78, 5) is 14.1. The number of hydrogen-bond donors (Lipinski definition) is 1. The SMILES string of the molecule is C/C(=C\C(Cc1ccc(-c2ccccc2)cc1)N(Cc1ccccc1)Cc1ccccc1)C(=O)O. The number of carbonyl (C=O) groups is 1. The molecule has 0 aromatic heterocycles. The molecular weight excluding hydrogens is 430 g/mol. The number of carboxylic acid groups (broad SMARTS) is 1. The van der Waals surface area contributed by atoms with Gasteiger partial charge in [0.05, 0.1) is 0 Å². The molecule has 0 radical (unpaired) electrons. The minimum absolute atomic E-state index is 0.0749. The summed E-state index contributed by atoms with van der Waals surface area (Å²) < 4.78 is 0. The van der Waals surface area contributed by atoms with E-state index in [1.54, 1.807) is 6.92 Å². The minimum Gasteiger partial charge on any atom is -0.478 e. The molecule has 1 unspecified atom stereocenters. The number of carboxylic acids is 1. The number of rotatable bonds is 10. The van der Waals surface area contributed by atoms with E-state index in [1.807, 2.05) is 60.7 Å². The van der Waals surface area contributed by atoms with Crippen molar-refractivity contribution in [2.24, 2.45) is 0 Å². The summed E-state index contributed by atoms with van der Waals surface area (Å²) in [5.41, 5.74) is 6.31. The first-order chi connectivity index (χ1) is 17.1. The fraction of sp³-hybridized carbons (Fsp3) is 0.156. The lowest BCUT2D eigenvalue weighted by atomic mass is 9.98. The Kier molecular flexibility index (Phi) is 8.26. The summed E-state index contributed by atoms with van der Waals surface area (Å²) >= 11 is 0. The summed E-state index contributed by atoms with van der Waals surface area (Å²) in [5.74, 6) is -0.881. The maximum atomic E-state index is 11.7. The van der Waals surface area contributed by atoms with Crippen LogP contribution in [0.1, 0.15) is 23.6 Å². The predicted molar refractivity (Wildman–Crippen MR) is 143 cm³/mol. The highest BCUT2D eigenvalue weighted by molar-refractivity contribution is 5.85. The van der Waals surface area contributed by atoms with E-state index in [0.717, 1.165) is 19.5 Å². The number of hydrogen-bond acceptors (Lipinski definition) is 2. The highest BCUT2D eigenvalue weighted by atomic mass is 16.4. The van der Waals surface area contributed by atoms with Gasteiger partial charge in [0.2, 0.25) is 0 Å². The summed E-state index contributed by atoms with van der Waals surface area (Å²) in [6.45, 7) is 3.13. The van der Waals surface area contributed by atoms with Gasteiger partial charge in [-0.15, -0.1) is 0 Å². The summed E-state index contributed by atoms with van der Waals surface area (Å²) in [6, 6.07) is 39.6. The maximum Gasteiger partial charge on any atom is 0.331 e. The van der Waals surface area contributed by atoms with Crippen LogP contribution in [0, 0.1) is 0 Å². The molecule has 0 bridgehead atoms. The van der Waals surface area contributed by atoms with Crippen molar-refractivity contribution in [1.29, 1.82) is 0 Å². The second-order valence-corrected chi connectivity index (χ2v) is 8.87. The Hall–Kier alpha value is -3.95. The number of benzene rings is 4. The van der Waals surface area contributed by atoms with Gasteiger partial charge in [0.1, 0.15) is 0 Å². The average molecular weight is 462 g/mol. The topological polar surface area (TPSA) is 40.5 Å². The van der Waals surface area contributed by atoms with Gasteiger partial charge in [0.25, 0.3) is 0 Å². The van der Waals surface area contributed by atoms with Crippen molar-refractivity contribution in [2.45, 2.75) is 32.5 Å². The first kappa shape index (κ1) is 24.2. The molecule has 4 aromatic carbocycles. The summed E-state index contributed by atoms with van der Waals surface area (Å²) in [6.07, 6.45) is 2.62. The van der Waals surface area contributed by atoms with Crippen LogP contribution in [0.2, 0.25) is 0 Å². The van der Waals surface area contributed by atoms with Gasteiger partial charge >= 0.3 is 5.97 Å². The molecule has 3 heteroatoms. The Bertz CT molecular complexity index is 1190. The lowest BCUT2D eigenvalue weighted by Gasteiger charge is -2.31. The monoisotopic (exact) mass is 461 g/mol. The number of nitrogens with zero attached hydrogens (tertiary/aromatic N) is 1. The Morgan fingerprint density at radius 3 is 1.63 bits per heavy atom. The van der Waals surface area contributed by atoms with Crippen molar-refractivity contribution < 1.29 is 9.90 Å². The molecule has 3 nitrogen and oxygen atoms in total. The van der Waals surface area contributed by atoms with Crippen LogP contribution in [0.5, 0.6) is 0 Å². The molecule has 176 valence electrons. The molecule has 0 saturated carbocycles. The van der Waals surface area contributed by atoms with Gasteiger partial charge in [-0.1, -0.05) is 121 Å². The van der Waals surface area contributed by atoms with E-state index in [9.17, 15) is 9.90 Å². The Morgan fingerprint density at radius 1 is 0.686 bits per heavy atom. The van der Waals surface area contributed by atoms with Crippen molar-refractivity contribution in [3.05, 3.63) is 144 Å². The first-order valence-electron chi connectivity index (χ1n) is 12.0. The van der Waals surface area contributed by atoms with Crippen molar-refractivity contribution in [3.8, 4) is 11.1 Å². The van der Waals surface area contributed by atoms with Gasteiger partial charge in [-0.25, -0.2) is 4.79 Å². The van der Waals surface area contributed by atoms with Gasteiger partial charge in [0, 0.05) is 24.7 Å². The van der Waals surface area contributed by atoms with Crippen molar-refractivity contribution in [1.82, 2.24) is 4.90 Å². The van der Waals surface area contributed by atoms with Gasteiger partial charge < -0.3 is 5.11 Å². The Labute approximate surface area is 208 Å². The van der Waals surface area contributed by atoms with E-state index in [2.05, 4.69) is 65.6 Å². The van der Waals surface area contributed by atoms with E-state index in [1.165, 1.54) is 27.8 Å². The van der Waals surface area contributed by atoms with Crippen LogP contribution in [0.4, 0.5) is 0 Å². The maximum absolute atomic E-state index is 11.7. The minimum atomic E-state index is -0.881. The molecule has 1 N–H and O–H groups in total. The summed E-state index contributed by atoms with van der Waals surface area (Å²) in [5, 5.41) is 9.63. The molecule has 0 aliphatic rings. The first-order valence-corrected chi connectivity index (χ1v) is 12.0. The van der Waals surface area contributed by atoms with E-state index in [0.29, 0.717) is 5.57 Å². The lowest BCUT2D eigenvalue weighted by Crippen LogP contribution is -2.35. The van der Waals surface area contributed by atoms with Crippen LogP contribution < -0.4 is 0 Å². The van der Waals surface area contributed by atoms with Crippen LogP contribution in [-0.4, -0.2) is 22.0 Å². The van der Waals surface area contributed by atoms with Crippen molar-refractivity contribution >= 4 is 5.97 Å². The van der Waals surface area contributed by atoms with E-state index < -0.39 is 5.97 Å². The smallest absolute Gasteiger partial charge is 0.331 e. The Morgan fingerprint density at radius 2 is 1.14 bits per heavy atom. The quantitative estimate of drug-likeness (QED) is 0.259. The van der Waals surface area contributed by atoms with Crippen LogP contribution in [0.25, 0.3) is 11.1 Å². The van der Waals surface area contributed by atoms with E-state index in [-0.39, 0.29) is 6.04 Å². The molecule has 0 amide bonds. The van der Waals surface area contributed by atoms with Gasteiger partial charge in [-0.2, -0.15) is 0 Å². The molecule has 4 aromatic rings. The predicted octanol–water partition coefficient (Wildman–Crippen LogP) is 7.00.